The van der Waals surface area contributed by atoms with Gasteiger partial charge >= 0.3 is 5.97 Å². The molecule has 23 heavy (non-hydrogen) atoms. The van der Waals surface area contributed by atoms with Gasteiger partial charge in [0.1, 0.15) is 17.9 Å². The molecule has 8 heteroatoms. The lowest BCUT2D eigenvalue weighted by molar-refractivity contribution is -0.138. The highest BCUT2D eigenvalue weighted by Gasteiger charge is 2.16. The molecule has 0 bridgehead atoms. The van der Waals surface area contributed by atoms with E-state index in [1.54, 1.807) is 4.57 Å². The minimum atomic E-state index is -1.07. The molecule has 0 radical (unpaired) electrons. The SMILES string of the molecule is N[C@@H](Cn1cnc2c(NCc3ccccc3)ncnc21)C(=O)O. The molecule has 0 spiro atoms. The van der Waals surface area contributed by atoms with Crippen LogP contribution in [0, 0.1) is 0 Å². The van der Waals surface area contributed by atoms with Crippen molar-refractivity contribution in [1.29, 1.82) is 0 Å². The van der Waals surface area contributed by atoms with Gasteiger partial charge in [0.05, 0.1) is 12.9 Å². The van der Waals surface area contributed by atoms with E-state index in [4.69, 9.17) is 10.8 Å². The second-order valence-electron chi connectivity index (χ2n) is 5.08. The first kappa shape index (κ1) is 14.9. The molecule has 0 aliphatic carbocycles. The number of hydrogen-bond acceptors (Lipinski definition) is 6. The molecule has 1 atom stereocenters. The number of anilines is 1. The third kappa shape index (κ3) is 3.27. The van der Waals surface area contributed by atoms with Crippen LogP contribution in [0.3, 0.4) is 0 Å². The Morgan fingerprint density at radius 3 is 2.78 bits per heavy atom. The normalized spacial score (nSPS) is 12.2. The van der Waals surface area contributed by atoms with E-state index >= 15 is 0 Å². The Labute approximate surface area is 132 Å². The van der Waals surface area contributed by atoms with Crippen molar-refractivity contribution in [3.8, 4) is 0 Å². The van der Waals surface area contributed by atoms with Crippen LogP contribution in [0.15, 0.2) is 43.0 Å². The molecule has 8 nitrogen and oxygen atoms in total. The summed E-state index contributed by atoms with van der Waals surface area (Å²) in [6, 6.07) is 8.90. The standard InChI is InChI=1S/C15H16N6O2/c16-11(15(22)23)7-21-9-20-12-13(18-8-19-14(12)21)17-6-10-4-2-1-3-5-10/h1-5,8-9,11H,6-7,16H2,(H,22,23)(H,17,18,19)/t11-/m0/s1. The van der Waals surface area contributed by atoms with E-state index in [9.17, 15) is 4.79 Å². The van der Waals surface area contributed by atoms with Crippen LogP contribution in [0.5, 0.6) is 0 Å². The summed E-state index contributed by atoms with van der Waals surface area (Å²) in [7, 11) is 0. The predicted molar refractivity (Wildman–Crippen MR) is 84.7 cm³/mol. The van der Waals surface area contributed by atoms with Gasteiger partial charge in [-0.2, -0.15) is 0 Å². The fraction of sp³-hybridized carbons (Fsp3) is 0.200. The molecule has 118 valence electrons. The van der Waals surface area contributed by atoms with E-state index in [0.29, 0.717) is 23.5 Å². The summed E-state index contributed by atoms with van der Waals surface area (Å²) in [6.45, 7) is 0.704. The fourth-order valence-electron chi connectivity index (χ4n) is 2.22. The number of carbonyl (C=O) groups is 1. The van der Waals surface area contributed by atoms with Crippen molar-refractivity contribution in [1.82, 2.24) is 19.5 Å². The Morgan fingerprint density at radius 1 is 1.26 bits per heavy atom. The summed E-state index contributed by atoms with van der Waals surface area (Å²) in [6.07, 6.45) is 2.94. The molecule has 0 aliphatic heterocycles. The summed E-state index contributed by atoms with van der Waals surface area (Å²) in [5.41, 5.74) is 7.81. The predicted octanol–water partition coefficient (Wildman–Crippen LogP) is 0.850. The molecular weight excluding hydrogens is 296 g/mol. The van der Waals surface area contributed by atoms with E-state index in [-0.39, 0.29) is 6.54 Å². The first-order chi connectivity index (χ1) is 11.1. The highest BCUT2D eigenvalue weighted by Crippen LogP contribution is 2.18. The number of nitrogens with two attached hydrogens (primary N) is 1. The number of hydrogen-bond donors (Lipinski definition) is 3. The first-order valence-electron chi connectivity index (χ1n) is 7.07. The molecule has 1 aromatic carbocycles. The second kappa shape index (κ2) is 6.41. The molecule has 0 aliphatic rings. The molecule has 0 amide bonds. The van der Waals surface area contributed by atoms with E-state index in [1.165, 1.54) is 12.7 Å². The molecular formula is C15H16N6O2. The number of nitrogens with zero attached hydrogens (tertiary/aromatic N) is 4. The lowest BCUT2D eigenvalue weighted by Gasteiger charge is -2.08. The van der Waals surface area contributed by atoms with Gasteiger partial charge in [0, 0.05) is 6.54 Å². The number of fused-ring (bicyclic) bond motifs is 1. The maximum Gasteiger partial charge on any atom is 0.322 e. The summed E-state index contributed by atoms with van der Waals surface area (Å²) in [4.78, 5) is 23.5. The van der Waals surface area contributed by atoms with Crippen LogP contribution < -0.4 is 11.1 Å². The minimum absolute atomic E-state index is 0.0982. The number of carboxylic acids is 1. The van der Waals surface area contributed by atoms with E-state index in [2.05, 4.69) is 20.3 Å². The summed E-state index contributed by atoms with van der Waals surface area (Å²) < 4.78 is 1.61. The monoisotopic (exact) mass is 312 g/mol. The zero-order chi connectivity index (χ0) is 16.2. The van der Waals surface area contributed by atoms with Crippen LogP contribution in [0.2, 0.25) is 0 Å². The van der Waals surface area contributed by atoms with Crippen LogP contribution in [0.1, 0.15) is 5.56 Å². The Bertz CT molecular complexity index is 817. The van der Waals surface area contributed by atoms with Crippen LogP contribution in [-0.4, -0.2) is 36.6 Å². The minimum Gasteiger partial charge on any atom is -0.480 e. The van der Waals surface area contributed by atoms with Crippen molar-refractivity contribution in [2.45, 2.75) is 19.1 Å². The van der Waals surface area contributed by atoms with E-state index < -0.39 is 12.0 Å². The van der Waals surface area contributed by atoms with Crippen molar-refractivity contribution in [2.24, 2.45) is 5.73 Å². The van der Waals surface area contributed by atoms with Gasteiger partial charge in [0.2, 0.25) is 0 Å². The molecule has 0 unspecified atom stereocenters. The van der Waals surface area contributed by atoms with E-state index in [1.807, 2.05) is 30.3 Å². The number of aromatic nitrogens is 4. The van der Waals surface area contributed by atoms with E-state index in [0.717, 1.165) is 5.56 Å². The molecule has 0 fully saturated rings. The number of nitrogens with one attached hydrogen (secondary N) is 1. The summed E-state index contributed by atoms with van der Waals surface area (Å²) in [5, 5.41) is 12.1. The molecule has 0 saturated heterocycles. The average molecular weight is 312 g/mol. The third-order valence-corrected chi connectivity index (χ3v) is 3.41. The molecule has 3 aromatic rings. The van der Waals surface area contributed by atoms with Gasteiger partial charge in [0.15, 0.2) is 11.5 Å². The number of rotatable bonds is 6. The smallest absolute Gasteiger partial charge is 0.322 e. The number of benzene rings is 1. The van der Waals surface area contributed by atoms with Gasteiger partial charge in [-0.3, -0.25) is 4.79 Å². The maximum atomic E-state index is 10.9. The lowest BCUT2D eigenvalue weighted by atomic mass is 10.2. The van der Waals surface area contributed by atoms with Crippen molar-refractivity contribution in [3.05, 3.63) is 48.5 Å². The zero-order valence-electron chi connectivity index (χ0n) is 12.3. The zero-order valence-corrected chi connectivity index (χ0v) is 12.3. The highest BCUT2D eigenvalue weighted by atomic mass is 16.4. The Hall–Kier alpha value is -3.00. The van der Waals surface area contributed by atoms with Crippen molar-refractivity contribution in [2.75, 3.05) is 5.32 Å². The van der Waals surface area contributed by atoms with Gasteiger partial charge in [0.25, 0.3) is 0 Å². The Kier molecular flexibility index (Phi) is 4.15. The number of aliphatic carboxylic acids is 1. The molecule has 2 aromatic heterocycles. The fourth-order valence-corrected chi connectivity index (χ4v) is 2.22. The molecule has 2 heterocycles. The van der Waals surface area contributed by atoms with Gasteiger partial charge < -0.3 is 20.7 Å². The number of imidazole rings is 1. The second-order valence-corrected chi connectivity index (χ2v) is 5.08. The average Bonchev–Trinajstić information content (AvgIpc) is 2.97. The van der Waals surface area contributed by atoms with Crippen LogP contribution >= 0.6 is 0 Å². The molecule has 4 N–H and O–H groups in total. The van der Waals surface area contributed by atoms with Crippen LogP contribution in [0.4, 0.5) is 5.82 Å². The van der Waals surface area contributed by atoms with Crippen molar-refractivity contribution >= 4 is 23.0 Å². The summed E-state index contributed by atoms with van der Waals surface area (Å²) in [5.74, 6) is -0.468. The topological polar surface area (TPSA) is 119 Å². The highest BCUT2D eigenvalue weighted by molar-refractivity contribution is 5.83. The van der Waals surface area contributed by atoms with Gasteiger partial charge in [-0.05, 0) is 5.56 Å². The van der Waals surface area contributed by atoms with Gasteiger partial charge in [-0.15, -0.1) is 0 Å². The molecule has 0 saturated carbocycles. The van der Waals surface area contributed by atoms with Crippen molar-refractivity contribution in [3.63, 3.8) is 0 Å². The van der Waals surface area contributed by atoms with Gasteiger partial charge in [-0.1, -0.05) is 30.3 Å². The lowest BCUT2D eigenvalue weighted by Crippen LogP contribution is -2.34. The van der Waals surface area contributed by atoms with Crippen molar-refractivity contribution < 1.29 is 9.90 Å². The maximum absolute atomic E-state index is 10.9. The largest absolute Gasteiger partial charge is 0.480 e. The van der Waals surface area contributed by atoms with Crippen LogP contribution in [-0.2, 0) is 17.9 Å². The van der Waals surface area contributed by atoms with Crippen LogP contribution in [0.25, 0.3) is 11.2 Å². The first-order valence-corrected chi connectivity index (χ1v) is 7.07. The molecule has 3 rings (SSSR count). The quantitative estimate of drug-likeness (QED) is 0.617. The number of carboxylic acid groups (broad SMARTS) is 1. The summed E-state index contributed by atoms with van der Waals surface area (Å²) >= 11 is 0. The Balaban J connectivity index is 1.82. The Morgan fingerprint density at radius 2 is 2.04 bits per heavy atom. The van der Waals surface area contributed by atoms with Gasteiger partial charge in [-0.25, -0.2) is 15.0 Å². The third-order valence-electron chi connectivity index (χ3n) is 3.41.